The maximum absolute atomic E-state index is 13.1. The van der Waals surface area contributed by atoms with Gasteiger partial charge in [-0.3, -0.25) is 0 Å². The van der Waals surface area contributed by atoms with Crippen molar-refractivity contribution in [2.24, 2.45) is 5.10 Å². The Morgan fingerprint density at radius 2 is 1.69 bits per heavy atom. The molecule has 206 valence electrons. The Balaban J connectivity index is 1.22. The third kappa shape index (κ3) is 5.38. The maximum Gasteiger partial charge on any atom is 0.345 e. The number of rotatable bonds is 7. The zero-order chi connectivity index (χ0) is 28.5. The van der Waals surface area contributed by atoms with Gasteiger partial charge in [-0.1, -0.05) is 88.7 Å². The number of benzene rings is 4. The predicted molar refractivity (Wildman–Crippen MR) is 171 cm³/mol. The molecule has 6 aromatic rings. The van der Waals surface area contributed by atoms with Crippen molar-refractivity contribution in [1.82, 2.24) is 4.98 Å². The fraction of sp³-hybridized carbons (Fsp3) is 0.0882. The summed E-state index contributed by atoms with van der Waals surface area (Å²) in [7, 11) is 0. The number of thiazole rings is 1. The molecule has 0 saturated heterocycles. The number of aromatic nitrogens is 1. The highest BCUT2D eigenvalue weighted by molar-refractivity contribution is 9.10. The average Bonchev–Trinajstić information content (AvgIpc) is 3.69. The Morgan fingerprint density at radius 3 is 2.50 bits per heavy atom. The van der Waals surface area contributed by atoms with Crippen LogP contribution in [0.1, 0.15) is 29.2 Å². The van der Waals surface area contributed by atoms with Crippen molar-refractivity contribution in [2.75, 3.05) is 5.01 Å². The first-order valence-corrected chi connectivity index (χ1v) is 15.2. The minimum Gasteiger partial charge on any atom is -0.489 e. The minimum absolute atomic E-state index is 0.155. The Morgan fingerprint density at radius 1 is 0.929 bits per heavy atom. The molecule has 1 unspecified atom stereocenters. The summed E-state index contributed by atoms with van der Waals surface area (Å²) in [6.45, 7) is 0.499. The standard InChI is InChI=1S/C34H24BrN3O3S/c35-26-14-10-23(11-15-26)30-21-42-34(36-30)38-31(24-12-16-27(17-13-24)40-20-22-6-2-1-3-7-22)19-29(37-38)28-18-25-8-4-5-9-32(25)41-33(28)39/h1-18,21,31H,19-20H2. The van der Waals surface area contributed by atoms with Gasteiger partial charge in [0.15, 0.2) is 0 Å². The third-order valence-corrected chi connectivity index (χ3v) is 8.56. The highest BCUT2D eigenvalue weighted by atomic mass is 79.9. The Bertz CT molecular complexity index is 1950. The average molecular weight is 635 g/mol. The van der Waals surface area contributed by atoms with Gasteiger partial charge in [-0.25, -0.2) is 14.8 Å². The van der Waals surface area contributed by atoms with Crippen LogP contribution in [-0.2, 0) is 6.61 Å². The molecule has 3 heterocycles. The lowest BCUT2D eigenvalue weighted by Gasteiger charge is -2.21. The fourth-order valence-corrected chi connectivity index (χ4v) is 6.12. The largest absolute Gasteiger partial charge is 0.489 e. The number of ether oxygens (including phenoxy) is 1. The number of hydrazone groups is 1. The van der Waals surface area contributed by atoms with E-state index in [2.05, 4.69) is 28.1 Å². The van der Waals surface area contributed by atoms with E-state index in [9.17, 15) is 4.79 Å². The summed E-state index contributed by atoms with van der Waals surface area (Å²) < 4.78 is 12.7. The molecule has 1 atom stereocenters. The summed E-state index contributed by atoms with van der Waals surface area (Å²) in [5, 5.41) is 10.5. The van der Waals surface area contributed by atoms with Gasteiger partial charge in [0, 0.05) is 27.2 Å². The number of anilines is 1. The molecule has 42 heavy (non-hydrogen) atoms. The minimum atomic E-state index is -0.396. The second-order valence-corrected chi connectivity index (χ2v) is 11.7. The van der Waals surface area contributed by atoms with Crippen molar-refractivity contribution in [3.63, 3.8) is 0 Å². The Labute approximate surface area is 254 Å². The van der Waals surface area contributed by atoms with E-state index in [1.54, 1.807) is 6.07 Å². The van der Waals surface area contributed by atoms with E-state index < -0.39 is 5.63 Å². The number of nitrogens with zero attached hydrogens (tertiary/aromatic N) is 3. The zero-order valence-electron chi connectivity index (χ0n) is 22.3. The van der Waals surface area contributed by atoms with Crippen LogP contribution in [0.3, 0.4) is 0 Å². The summed E-state index contributed by atoms with van der Waals surface area (Å²) in [5.41, 5.74) is 5.36. The van der Waals surface area contributed by atoms with Crippen LogP contribution in [0.4, 0.5) is 5.13 Å². The van der Waals surface area contributed by atoms with E-state index in [0.717, 1.165) is 43.1 Å². The van der Waals surface area contributed by atoms with Crippen molar-refractivity contribution in [1.29, 1.82) is 0 Å². The van der Waals surface area contributed by atoms with Crippen LogP contribution in [0.25, 0.3) is 22.2 Å². The number of fused-ring (bicyclic) bond motifs is 1. The molecule has 0 aliphatic carbocycles. The van der Waals surface area contributed by atoms with Gasteiger partial charge in [0.25, 0.3) is 0 Å². The highest BCUT2D eigenvalue weighted by Crippen LogP contribution is 2.40. The number of halogens is 1. The van der Waals surface area contributed by atoms with E-state index in [0.29, 0.717) is 29.9 Å². The normalized spacial score (nSPS) is 14.7. The molecule has 0 saturated carbocycles. The van der Waals surface area contributed by atoms with Crippen molar-refractivity contribution >= 4 is 49.1 Å². The lowest BCUT2D eigenvalue weighted by Crippen LogP contribution is -2.18. The van der Waals surface area contributed by atoms with Gasteiger partial charge in [-0.15, -0.1) is 11.3 Å². The molecule has 8 heteroatoms. The molecule has 1 aliphatic heterocycles. The van der Waals surface area contributed by atoms with Crippen LogP contribution in [0.15, 0.2) is 133 Å². The molecule has 2 aromatic heterocycles. The quantitative estimate of drug-likeness (QED) is 0.165. The summed E-state index contributed by atoms with van der Waals surface area (Å²) >= 11 is 5.03. The molecular formula is C34H24BrN3O3S. The lowest BCUT2D eigenvalue weighted by molar-refractivity contribution is 0.306. The topological polar surface area (TPSA) is 67.9 Å². The second-order valence-electron chi connectivity index (χ2n) is 9.96. The maximum atomic E-state index is 13.1. The van der Waals surface area contributed by atoms with E-state index in [1.165, 1.54) is 11.3 Å². The van der Waals surface area contributed by atoms with Crippen LogP contribution in [-0.4, -0.2) is 10.7 Å². The molecule has 0 radical (unpaired) electrons. The van der Waals surface area contributed by atoms with Crippen molar-refractivity contribution in [2.45, 2.75) is 19.1 Å². The number of hydrogen-bond acceptors (Lipinski definition) is 7. The van der Waals surface area contributed by atoms with Gasteiger partial charge in [-0.2, -0.15) is 5.10 Å². The zero-order valence-corrected chi connectivity index (χ0v) is 24.7. The van der Waals surface area contributed by atoms with Crippen molar-refractivity contribution in [3.05, 3.63) is 146 Å². The van der Waals surface area contributed by atoms with E-state index in [1.807, 2.05) is 101 Å². The summed E-state index contributed by atoms with van der Waals surface area (Å²) in [6.07, 6.45) is 0.528. The molecule has 0 bridgehead atoms. The van der Waals surface area contributed by atoms with E-state index in [-0.39, 0.29) is 6.04 Å². The SMILES string of the molecule is O=c1oc2ccccc2cc1C1=NN(c2nc(-c3ccc(Br)cc3)cs2)C(c2ccc(OCc3ccccc3)cc2)C1. The van der Waals surface area contributed by atoms with Gasteiger partial charge >= 0.3 is 5.63 Å². The molecule has 1 aliphatic rings. The summed E-state index contributed by atoms with van der Waals surface area (Å²) in [6, 6.07) is 35.5. The molecule has 0 fully saturated rings. The van der Waals surface area contributed by atoms with Crippen LogP contribution < -0.4 is 15.4 Å². The first-order chi connectivity index (χ1) is 20.6. The Kier molecular flexibility index (Phi) is 7.15. The fourth-order valence-electron chi connectivity index (χ4n) is 5.02. The van der Waals surface area contributed by atoms with Crippen LogP contribution in [0.2, 0.25) is 0 Å². The Hall–Kier alpha value is -4.53. The molecule has 0 N–H and O–H groups in total. The van der Waals surface area contributed by atoms with Gasteiger partial charge in [0.2, 0.25) is 5.13 Å². The third-order valence-electron chi connectivity index (χ3n) is 7.20. The molecule has 7 rings (SSSR count). The van der Waals surface area contributed by atoms with Crippen LogP contribution >= 0.6 is 27.3 Å². The molecular weight excluding hydrogens is 610 g/mol. The number of para-hydroxylation sites is 1. The van der Waals surface area contributed by atoms with Gasteiger partial charge in [-0.05, 0) is 47.5 Å². The highest BCUT2D eigenvalue weighted by Gasteiger charge is 2.33. The monoisotopic (exact) mass is 633 g/mol. The first kappa shape index (κ1) is 26.4. The van der Waals surface area contributed by atoms with Gasteiger partial charge in [0.05, 0.1) is 23.0 Å². The molecule has 0 amide bonds. The smallest absolute Gasteiger partial charge is 0.345 e. The molecule has 0 spiro atoms. The molecule has 6 nitrogen and oxygen atoms in total. The van der Waals surface area contributed by atoms with Crippen LogP contribution in [0.5, 0.6) is 5.75 Å². The van der Waals surface area contributed by atoms with Gasteiger partial charge in [0.1, 0.15) is 17.9 Å². The lowest BCUT2D eigenvalue weighted by atomic mass is 9.98. The summed E-state index contributed by atoms with van der Waals surface area (Å²) in [5.74, 6) is 0.787. The second kappa shape index (κ2) is 11.4. The number of hydrogen-bond donors (Lipinski definition) is 0. The van der Waals surface area contributed by atoms with E-state index in [4.69, 9.17) is 19.2 Å². The summed E-state index contributed by atoms with van der Waals surface area (Å²) in [4.78, 5) is 18.0. The van der Waals surface area contributed by atoms with Gasteiger partial charge < -0.3 is 9.15 Å². The van der Waals surface area contributed by atoms with Crippen molar-refractivity contribution in [3.8, 4) is 17.0 Å². The first-order valence-electron chi connectivity index (χ1n) is 13.5. The predicted octanol–water partition coefficient (Wildman–Crippen LogP) is 8.61. The van der Waals surface area contributed by atoms with Crippen LogP contribution in [0, 0.1) is 0 Å². The van der Waals surface area contributed by atoms with E-state index >= 15 is 0 Å². The van der Waals surface area contributed by atoms with Crippen molar-refractivity contribution < 1.29 is 9.15 Å². The molecule has 4 aromatic carbocycles.